The SMILES string of the molecule is Cn1cc(-c2cnn(CCNC(=O)OC(C)(C)C)c2)c2cc(Br)ncc21. The summed E-state index contributed by atoms with van der Waals surface area (Å²) in [7, 11) is 2.00. The topological polar surface area (TPSA) is 74.0 Å². The van der Waals surface area contributed by atoms with E-state index >= 15 is 0 Å². The number of carbonyl (C=O) groups excluding carboxylic acids is 1. The molecule has 1 amide bonds. The molecule has 0 aliphatic heterocycles. The lowest BCUT2D eigenvalue weighted by atomic mass is 10.1. The number of hydrogen-bond donors (Lipinski definition) is 1. The van der Waals surface area contributed by atoms with E-state index in [-0.39, 0.29) is 0 Å². The Kier molecular flexibility index (Phi) is 5.04. The number of alkyl carbamates (subject to hydrolysis) is 1. The summed E-state index contributed by atoms with van der Waals surface area (Å²) in [5, 5.41) is 8.24. The molecule has 138 valence electrons. The third-order valence-corrected chi connectivity index (χ3v) is 4.23. The lowest BCUT2D eigenvalue weighted by molar-refractivity contribution is 0.0525. The van der Waals surface area contributed by atoms with Gasteiger partial charge < -0.3 is 14.6 Å². The van der Waals surface area contributed by atoms with Crippen molar-refractivity contribution in [1.29, 1.82) is 0 Å². The number of pyridine rings is 1. The smallest absolute Gasteiger partial charge is 0.407 e. The summed E-state index contributed by atoms with van der Waals surface area (Å²) in [4.78, 5) is 16.0. The van der Waals surface area contributed by atoms with E-state index < -0.39 is 11.7 Å². The summed E-state index contributed by atoms with van der Waals surface area (Å²) in [6.45, 7) is 6.52. The van der Waals surface area contributed by atoms with E-state index in [2.05, 4.69) is 37.5 Å². The molecular formula is C18H22BrN5O2. The van der Waals surface area contributed by atoms with Crippen molar-refractivity contribution in [2.24, 2.45) is 7.05 Å². The predicted molar refractivity (Wildman–Crippen MR) is 104 cm³/mol. The number of ether oxygens (including phenoxy) is 1. The number of nitrogens with zero attached hydrogens (tertiary/aromatic N) is 4. The van der Waals surface area contributed by atoms with Crippen LogP contribution in [0.2, 0.25) is 0 Å². The first-order valence-electron chi connectivity index (χ1n) is 8.33. The second-order valence-electron chi connectivity index (χ2n) is 7.10. The minimum absolute atomic E-state index is 0.420. The van der Waals surface area contributed by atoms with Crippen LogP contribution in [0.4, 0.5) is 4.79 Å². The molecule has 0 radical (unpaired) electrons. The van der Waals surface area contributed by atoms with E-state index in [0.717, 1.165) is 26.6 Å². The van der Waals surface area contributed by atoms with Crippen LogP contribution < -0.4 is 5.32 Å². The molecule has 3 aromatic heterocycles. The average Bonchev–Trinajstić information content (AvgIpc) is 3.10. The molecule has 7 nitrogen and oxygen atoms in total. The zero-order valence-corrected chi connectivity index (χ0v) is 16.9. The molecule has 1 N–H and O–H groups in total. The highest BCUT2D eigenvalue weighted by Crippen LogP contribution is 2.30. The van der Waals surface area contributed by atoms with Gasteiger partial charge in [0.1, 0.15) is 10.2 Å². The number of fused-ring (bicyclic) bond motifs is 1. The van der Waals surface area contributed by atoms with Gasteiger partial charge in [-0.3, -0.25) is 4.68 Å². The standard InChI is InChI=1S/C18H22BrN5O2/c1-18(2,3)26-17(25)20-5-6-24-10-12(8-22-24)14-11-23(4)15-9-21-16(19)7-13(14)15/h7-11H,5-6H2,1-4H3,(H,20,25). The van der Waals surface area contributed by atoms with Gasteiger partial charge in [-0.25, -0.2) is 9.78 Å². The van der Waals surface area contributed by atoms with Gasteiger partial charge in [0, 0.05) is 42.5 Å². The molecule has 0 atom stereocenters. The number of carbonyl (C=O) groups is 1. The van der Waals surface area contributed by atoms with Gasteiger partial charge in [0.05, 0.1) is 24.5 Å². The summed E-state index contributed by atoms with van der Waals surface area (Å²) in [5.41, 5.74) is 2.67. The number of hydrogen-bond acceptors (Lipinski definition) is 4. The zero-order valence-electron chi connectivity index (χ0n) is 15.3. The maximum atomic E-state index is 11.7. The second kappa shape index (κ2) is 7.11. The lowest BCUT2D eigenvalue weighted by Crippen LogP contribution is -2.34. The Morgan fingerprint density at radius 3 is 2.81 bits per heavy atom. The molecule has 3 aromatic rings. The number of halogens is 1. The van der Waals surface area contributed by atoms with Crippen LogP contribution in [0.1, 0.15) is 20.8 Å². The van der Waals surface area contributed by atoms with Gasteiger partial charge in [-0.2, -0.15) is 5.10 Å². The summed E-state index contributed by atoms with van der Waals surface area (Å²) < 4.78 is 9.87. The number of rotatable bonds is 4. The number of nitrogens with one attached hydrogen (secondary N) is 1. The summed E-state index contributed by atoms with van der Waals surface area (Å²) >= 11 is 3.43. The molecule has 8 heteroatoms. The highest BCUT2D eigenvalue weighted by molar-refractivity contribution is 9.10. The molecule has 0 unspecified atom stereocenters. The van der Waals surface area contributed by atoms with Crippen LogP contribution in [0.25, 0.3) is 22.0 Å². The van der Waals surface area contributed by atoms with E-state index in [4.69, 9.17) is 4.74 Å². The fourth-order valence-electron chi connectivity index (χ4n) is 2.69. The van der Waals surface area contributed by atoms with Gasteiger partial charge in [0.15, 0.2) is 0 Å². The van der Waals surface area contributed by atoms with Crippen molar-refractivity contribution in [2.75, 3.05) is 6.54 Å². The third kappa shape index (κ3) is 4.24. The van der Waals surface area contributed by atoms with Crippen LogP contribution in [-0.2, 0) is 18.3 Å². The van der Waals surface area contributed by atoms with Crippen molar-refractivity contribution in [3.63, 3.8) is 0 Å². The van der Waals surface area contributed by atoms with Crippen molar-refractivity contribution in [1.82, 2.24) is 24.6 Å². The van der Waals surface area contributed by atoms with Gasteiger partial charge in [0.2, 0.25) is 0 Å². The monoisotopic (exact) mass is 419 g/mol. The molecular weight excluding hydrogens is 398 g/mol. The molecule has 3 rings (SSSR count). The number of aromatic nitrogens is 4. The summed E-state index contributed by atoms with van der Waals surface area (Å²) in [6.07, 6.45) is 7.30. The zero-order chi connectivity index (χ0) is 18.9. The maximum Gasteiger partial charge on any atom is 0.407 e. The van der Waals surface area contributed by atoms with Crippen LogP contribution in [0.3, 0.4) is 0 Å². The number of amides is 1. The normalized spacial score (nSPS) is 11.7. The van der Waals surface area contributed by atoms with Crippen LogP contribution >= 0.6 is 15.9 Å². The first-order valence-corrected chi connectivity index (χ1v) is 9.12. The molecule has 0 saturated heterocycles. The van der Waals surface area contributed by atoms with Gasteiger partial charge in [-0.15, -0.1) is 0 Å². The minimum Gasteiger partial charge on any atom is -0.444 e. The third-order valence-electron chi connectivity index (χ3n) is 3.80. The van der Waals surface area contributed by atoms with Gasteiger partial charge in [-0.05, 0) is 42.8 Å². The Morgan fingerprint density at radius 2 is 2.08 bits per heavy atom. The van der Waals surface area contributed by atoms with Crippen molar-refractivity contribution >= 4 is 32.9 Å². The van der Waals surface area contributed by atoms with Crippen LogP contribution in [-0.4, -0.2) is 37.6 Å². The summed E-state index contributed by atoms with van der Waals surface area (Å²) in [5.74, 6) is 0. The van der Waals surface area contributed by atoms with Crippen LogP contribution in [0.5, 0.6) is 0 Å². The Bertz CT molecular complexity index is 939. The maximum absolute atomic E-state index is 11.7. The lowest BCUT2D eigenvalue weighted by Gasteiger charge is -2.19. The molecule has 0 aliphatic rings. The average molecular weight is 420 g/mol. The highest BCUT2D eigenvalue weighted by Gasteiger charge is 2.16. The molecule has 0 fully saturated rings. The molecule has 26 heavy (non-hydrogen) atoms. The number of aryl methyl sites for hydroxylation is 1. The van der Waals surface area contributed by atoms with Gasteiger partial charge in [-0.1, -0.05) is 0 Å². The quantitative estimate of drug-likeness (QED) is 0.653. The van der Waals surface area contributed by atoms with E-state index in [9.17, 15) is 4.79 Å². The first kappa shape index (κ1) is 18.4. The van der Waals surface area contributed by atoms with E-state index in [1.54, 1.807) is 0 Å². The van der Waals surface area contributed by atoms with E-state index in [1.165, 1.54) is 0 Å². The van der Waals surface area contributed by atoms with Gasteiger partial charge >= 0.3 is 6.09 Å². The summed E-state index contributed by atoms with van der Waals surface area (Å²) in [6, 6.07) is 2.01. The Labute approximate surface area is 160 Å². The molecule has 0 spiro atoms. The molecule has 0 saturated carbocycles. The first-order chi connectivity index (χ1) is 12.2. The fraction of sp³-hybridized carbons (Fsp3) is 0.389. The van der Waals surface area contributed by atoms with Crippen LogP contribution in [0.15, 0.2) is 35.5 Å². The second-order valence-corrected chi connectivity index (χ2v) is 7.91. The predicted octanol–water partition coefficient (Wildman–Crippen LogP) is 3.72. The highest BCUT2D eigenvalue weighted by atomic mass is 79.9. The van der Waals surface area contributed by atoms with E-state index in [1.807, 2.05) is 61.7 Å². The fourth-order valence-corrected chi connectivity index (χ4v) is 3.03. The van der Waals surface area contributed by atoms with Crippen molar-refractivity contribution in [3.8, 4) is 11.1 Å². The Hall–Kier alpha value is -2.35. The van der Waals surface area contributed by atoms with Crippen molar-refractivity contribution in [3.05, 3.63) is 35.5 Å². The van der Waals surface area contributed by atoms with Gasteiger partial charge in [0.25, 0.3) is 0 Å². The molecule has 0 aromatic carbocycles. The van der Waals surface area contributed by atoms with Crippen molar-refractivity contribution < 1.29 is 9.53 Å². The largest absolute Gasteiger partial charge is 0.444 e. The molecule has 0 aliphatic carbocycles. The molecule has 3 heterocycles. The Morgan fingerprint density at radius 1 is 1.31 bits per heavy atom. The Balaban J connectivity index is 1.69. The minimum atomic E-state index is -0.500. The van der Waals surface area contributed by atoms with E-state index in [0.29, 0.717) is 13.1 Å². The van der Waals surface area contributed by atoms with Crippen molar-refractivity contribution in [2.45, 2.75) is 32.9 Å². The molecule has 0 bridgehead atoms. The van der Waals surface area contributed by atoms with Crippen LogP contribution in [0, 0.1) is 0 Å².